The summed E-state index contributed by atoms with van der Waals surface area (Å²) in [5.74, 6) is 0.832. The minimum atomic E-state index is -0.110. The van der Waals surface area contributed by atoms with Gasteiger partial charge in [0.25, 0.3) is 5.56 Å². The molecule has 106 valence electrons. The van der Waals surface area contributed by atoms with Crippen LogP contribution in [0.4, 0.5) is 0 Å². The molecule has 5 nitrogen and oxygen atoms in total. The van der Waals surface area contributed by atoms with E-state index < -0.39 is 0 Å². The van der Waals surface area contributed by atoms with Gasteiger partial charge in [-0.25, -0.2) is 4.68 Å². The van der Waals surface area contributed by atoms with E-state index in [0.29, 0.717) is 13.2 Å². The number of para-hydroxylation sites is 1. The molecule has 1 heterocycles. The molecule has 0 spiro atoms. The lowest BCUT2D eigenvalue weighted by Gasteiger charge is -2.20. The minimum absolute atomic E-state index is 0.0367. The third kappa shape index (κ3) is 3.24. The average Bonchev–Trinajstić information content (AvgIpc) is 2.48. The van der Waals surface area contributed by atoms with Crippen LogP contribution in [0.3, 0.4) is 0 Å². The highest BCUT2D eigenvalue weighted by molar-refractivity contribution is 5.35. The number of ether oxygens (including phenoxy) is 1. The van der Waals surface area contributed by atoms with Gasteiger partial charge in [-0.3, -0.25) is 4.79 Å². The van der Waals surface area contributed by atoms with Gasteiger partial charge >= 0.3 is 0 Å². The molecule has 0 saturated heterocycles. The van der Waals surface area contributed by atoms with E-state index in [1.807, 2.05) is 38.2 Å². The fraction of sp³-hybridized carbons (Fsp3) is 0.333. The van der Waals surface area contributed by atoms with Gasteiger partial charge in [0, 0.05) is 17.8 Å². The molecular weight excluding hydrogens is 254 g/mol. The van der Waals surface area contributed by atoms with Crippen LogP contribution in [-0.4, -0.2) is 23.4 Å². The van der Waals surface area contributed by atoms with Crippen molar-refractivity contribution in [2.75, 3.05) is 13.7 Å². The molecule has 2 rings (SSSR count). The second-order valence-electron chi connectivity index (χ2n) is 4.36. The maximum atomic E-state index is 11.8. The van der Waals surface area contributed by atoms with Crippen molar-refractivity contribution < 1.29 is 4.74 Å². The van der Waals surface area contributed by atoms with Crippen molar-refractivity contribution in [2.24, 2.45) is 0 Å². The van der Waals surface area contributed by atoms with Crippen LogP contribution >= 0.6 is 0 Å². The standard InChI is InChI=1S/C15H19N3O2/c1-3-20-14-8-5-4-7-12(14)13(16-2)11-18-15(19)9-6-10-17-18/h4-10,13,16H,3,11H2,1-2H3. The summed E-state index contributed by atoms with van der Waals surface area (Å²) in [6.07, 6.45) is 1.61. The van der Waals surface area contributed by atoms with E-state index in [0.717, 1.165) is 11.3 Å². The molecule has 0 fully saturated rings. The molecular formula is C15H19N3O2. The number of likely N-dealkylation sites (N-methyl/N-ethyl adjacent to an activating group) is 1. The zero-order chi connectivity index (χ0) is 14.4. The van der Waals surface area contributed by atoms with E-state index in [9.17, 15) is 4.79 Å². The van der Waals surface area contributed by atoms with Gasteiger partial charge in [-0.05, 0) is 26.1 Å². The molecule has 0 aliphatic heterocycles. The summed E-state index contributed by atoms with van der Waals surface area (Å²) < 4.78 is 7.09. The number of hydrogen-bond donors (Lipinski definition) is 1. The number of nitrogens with zero attached hydrogens (tertiary/aromatic N) is 2. The Labute approximate surface area is 118 Å². The summed E-state index contributed by atoms with van der Waals surface area (Å²) in [4.78, 5) is 11.8. The molecule has 1 aromatic carbocycles. The molecule has 0 radical (unpaired) electrons. The van der Waals surface area contributed by atoms with Crippen molar-refractivity contribution in [3.05, 3.63) is 58.5 Å². The van der Waals surface area contributed by atoms with Crippen LogP contribution in [0.2, 0.25) is 0 Å². The Bertz CT molecular complexity index is 610. The molecule has 1 N–H and O–H groups in total. The molecule has 1 aromatic heterocycles. The van der Waals surface area contributed by atoms with Gasteiger partial charge in [0.2, 0.25) is 0 Å². The van der Waals surface area contributed by atoms with Crippen molar-refractivity contribution >= 4 is 0 Å². The minimum Gasteiger partial charge on any atom is -0.494 e. The Morgan fingerprint density at radius 1 is 1.30 bits per heavy atom. The monoisotopic (exact) mass is 273 g/mol. The van der Waals surface area contributed by atoms with Gasteiger partial charge in [-0.2, -0.15) is 5.10 Å². The quantitative estimate of drug-likeness (QED) is 0.868. The summed E-state index contributed by atoms with van der Waals surface area (Å²) in [6, 6.07) is 10.9. The summed E-state index contributed by atoms with van der Waals surface area (Å²) in [6.45, 7) is 3.02. The Morgan fingerprint density at radius 3 is 2.80 bits per heavy atom. The first-order valence-electron chi connectivity index (χ1n) is 6.67. The lowest BCUT2D eigenvalue weighted by atomic mass is 10.1. The van der Waals surface area contributed by atoms with Gasteiger partial charge in [-0.1, -0.05) is 18.2 Å². The number of hydrogen-bond acceptors (Lipinski definition) is 4. The molecule has 0 saturated carbocycles. The molecule has 2 aromatic rings. The van der Waals surface area contributed by atoms with Crippen LogP contribution in [0.1, 0.15) is 18.5 Å². The van der Waals surface area contributed by atoms with Crippen LogP contribution in [0, 0.1) is 0 Å². The number of rotatable bonds is 6. The lowest BCUT2D eigenvalue weighted by molar-refractivity contribution is 0.328. The van der Waals surface area contributed by atoms with Crippen molar-refractivity contribution in [3.8, 4) is 5.75 Å². The maximum absolute atomic E-state index is 11.8. The summed E-state index contributed by atoms with van der Waals surface area (Å²) in [5.41, 5.74) is 0.913. The van der Waals surface area contributed by atoms with E-state index >= 15 is 0 Å². The first kappa shape index (κ1) is 14.3. The van der Waals surface area contributed by atoms with E-state index in [-0.39, 0.29) is 11.6 Å². The van der Waals surface area contributed by atoms with Crippen molar-refractivity contribution in [2.45, 2.75) is 19.5 Å². The Morgan fingerprint density at radius 2 is 2.10 bits per heavy atom. The highest BCUT2D eigenvalue weighted by Crippen LogP contribution is 2.25. The molecule has 20 heavy (non-hydrogen) atoms. The molecule has 0 aliphatic rings. The summed E-state index contributed by atoms with van der Waals surface area (Å²) >= 11 is 0. The molecule has 0 amide bonds. The largest absolute Gasteiger partial charge is 0.494 e. The van der Waals surface area contributed by atoms with Gasteiger partial charge in [0.15, 0.2) is 0 Å². The Kier molecular flexibility index (Phi) is 4.90. The van der Waals surface area contributed by atoms with Crippen molar-refractivity contribution in [1.82, 2.24) is 15.1 Å². The predicted molar refractivity (Wildman–Crippen MR) is 77.9 cm³/mol. The zero-order valence-electron chi connectivity index (χ0n) is 11.7. The van der Waals surface area contributed by atoms with Crippen LogP contribution in [0.25, 0.3) is 0 Å². The fourth-order valence-corrected chi connectivity index (χ4v) is 2.10. The third-order valence-electron chi connectivity index (χ3n) is 3.08. The Hall–Kier alpha value is -2.14. The average molecular weight is 273 g/mol. The van der Waals surface area contributed by atoms with E-state index in [1.165, 1.54) is 10.7 Å². The maximum Gasteiger partial charge on any atom is 0.266 e. The van der Waals surface area contributed by atoms with E-state index in [4.69, 9.17) is 4.74 Å². The van der Waals surface area contributed by atoms with Crippen LogP contribution < -0.4 is 15.6 Å². The van der Waals surface area contributed by atoms with Gasteiger partial charge in [0.05, 0.1) is 19.2 Å². The SMILES string of the molecule is CCOc1ccccc1C(Cn1ncccc1=O)NC. The first-order chi connectivity index (χ1) is 9.76. The second-order valence-corrected chi connectivity index (χ2v) is 4.36. The number of aromatic nitrogens is 2. The smallest absolute Gasteiger partial charge is 0.266 e. The fourth-order valence-electron chi connectivity index (χ4n) is 2.10. The molecule has 1 unspecified atom stereocenters. The number of nitrogens with one attached hydrogen (secondary N) is 1. The second kappa shape index (κ2) is 6.86. The van der Waals surface area contributed by atoms with E-state index in [1.54, 1.807) is 12.3 Å². The van der Waals surface area contributed by atoms with Gasteiger partial charge < -0.3 is 10.1 Å². The van der Waals surface area contributed by atoms with Crippen LogP contribution in [0.5, 0.6) is 5.75 Å². The van der Waals surface area contributed by atoms with Crippen molar-refractivity contribution in [1.29, 1.82) is 0 Å². The van der Waals surface area contributed by atoms with Crippen LogP contribution in [-0.2, 0) is 6.54 Å². The summed E-state index contributed by atoms with van der Waals surface area (Å²) in [7, 11) is 1.86. The molecule has 0 aliphatic carbocycles. The molecule has 1 atom stereocenters. The Balaban J connectivity index is 2.29. The van der Waals surface area contributed by atoms with E-state index in [2.05, 4.69) is 10.4 Å². The predicted octanol–water partition coefficient (Wildman–Crippen LogP) is 1.60. The lowest BCUT2D eigenvalue weighted by Crippen LogP contribution is -2.30. The van der Waals surface area contributed by atoms with Crippen molar-refractivity contribution in [3.63, 3.8) is 0 Å². The highest BCUT2D eigenvalue weighted by atomic mass is 16.5. The topological polar surface area (TPSA) is 56.2 Å². The first-order valence-corrected chi connectivity index (χ1v) is 6.67. The normalized spacial score (nSPS) is 12.1. The summed E-state index contributed by atoms with van der Waals surface area (Å²) in [5, 5.41) is 7.30. The van der Waals surface area contributed by atoms with Crippen LogP contribution in [0.15, 0.2) is 47.4 Å². The number of benzene rings is 1. The molecule has 5 heteroatoms. The van der Waals surface area contributed by atoms with Gasteiger partial charge in [0.1, 0.15) is 5.75 Å². The highest BCUT2D eigenvalue weighted by Gasteiger charge is 2.15. The third-order valence-corrected chi connectivity index (χ3v) is 3.08. The zero-order valence-corrected chi connectivity index (χ0v) is 11.7. The van der Waals surface area contributed by atoms with Gasteiger partial charge in [-0.15, -0.1) is 0 Å². The molecule has 0 bridgehead atoms.